The number of hydrogen-bond donors (Lipinski definition) is 2. The van der Waals surface area contributed by atoms with Gasteiger partial charge in [-0.3, -0.25) is 4.84 Å². The molecule has 2 heterocycles. The Morgan fingerprint density at radius 3 is 2.58 bits per heavy atom. The van der Waals surface area contributed by atoms with Gasteiger partial charge in [0.1, 0.15) is 16.2 Å². The van der Waals surface area contributed by atoms with Gasteiger partial charge in [0.25, 0.3) is 5.95 Å². The molecule has 0 amide bonds. The first kappa shape index (κ1) is 23.2. The van der Waals surface area contributed by atoms with E-state index < -0.39 is 0 Å². The van der Waals surface area contributed by atoms with Gasteiger partial charge >= 0.3 is 0 Å². The van der Waals surface area contributed by atoms with Crippen molar-refractivity contribution in [2.75, 3.05) is 36.0 Å². The molecule has 0 saturated carbocycles. The van der Waals surface area contributed by atoms with Gasteiger partial charge in [0.2, 0.25) is 0 Å². The van der Waals surface area contributed by atoms with Crippen LogP contribution in [-0.4, -0.2) is 40.8 Å². The average molecular weight is 552 g/mol. The van der Waals surface area contributed by atoms with E-state index in [0.717, 1.165) is 22.4 Å². The zero-order valence-electron chi connectivity index (χ0n) is 17.7. The SMILES string of the molecule is CCCON(c1ccc(O)c(N(C)C)c1)c1ncc(Br)c(Nc2cc(C)nc(Br)c2)n1. The lowest BCUT2D eigenvalue weighted by Gasteiger charge is -2.24. The molecule has 0 spiro atoms. The normalized spacial score (nSPS) is 10.8. The van der Waals surface area contributed by atoms with E-state index in [0.29, 0.717) is 34.2 Å². The van der Waals surface area contributed by atoms with Crippen molar-refractivity contribution in [3.8, 4) is 5.75 Å². The topological polar surface area (TPSA) is 86.6 Å². The zero-order valence-corrected chi connectivity index (χ0v) is 20.9. The van der Waals surface area contributed by atoms with Gasteiger partial charge < -0.3 is 15.3 Å². The maximum atomic E-state index is 10.2. The van der Waals surface area contributed by atoms with Crippen LogP contribution in [0.2, 0.25) is 0 Å². The number of halogens is 2. The predicted molar refractivity (Wildman–Crippen MR) is 131 cm³/mol. The molecule has 2 aromatic heterocycles. The molecular weight excluding hydrogens is 528 g/mol. The van der Waals surface area contributed by atoms with Crippen molar-refractivity contribution in [1.29, 1.82) is 0 Å². The number of phenols is 1. The molecule has 0 atom stereocenters. The Balaban J connectivity index is 2.00. The second-order valence-electron chi connectivity index (χ2n) is 7.01. The minimum Gasteiger partial charge on any atom is -0.506 e. The number of phenolic OH excluding ortho intramolecular Hbond substituents is 1. The van der Waals surface area contributed by atoms with E-state index in [-0.39, 0.29) is 5.75 Å². The monoisotopic (exact) mass is 550 g/mol. The van der Waals surface area contributed by atoms with E-state index in [2.05, 4.69) is 52.1 Å². The van der Waals surface area contributed by atoms with E-state index in [9.17, 15) is 5.11 Å². The number of aromatic nitrogens is 3. The molecule has 0 radical (unpaired) electrons. The molecule has 164 valence electrons. The first-order valence-electron chi connectivity index (χ1n) is 9.65. The smallest absolute Gasteiger partial charge is 0.256 e. The van der Waals surface area contributed by atoms with Crippen LogP contribution >= 0.6 is 31.9 Å². The Morgan fingerprint density at radius 1 is 1.13 bits per heavy atom. The highest BCUT2D eigenvalue weighted by Crippen LogP contribution is 2.34. The predicted octanol–water partition coefficient (Wildman–Crippen LogP) is 5.70. The van der Waals surface area contributed by atoms with Crippen LogP contribution in [0, 0.1) is 6.92 Å². The molecule has 3 aromatic rings. The van der Waals surface area contributed by atoms with Crippen molar-refractivity contribution >= 4 is 60.7 Å². The van der Waals surface area contributed by atoms with Crippen LogP contribution in [0.15, 0.2) is 45.6 Å². The summed E-state index contributed by atoms with van der Waals surface area (Å²) in [5.41, 5.74) is 3.07. The van der Waals surface area contributed by atoms with Crippen LogP contribution in [0.1, 0.15) is 19.0 Å². The van der Waals surface area contributed by atoms with Gasteiger partial charge in [-0.05, 0) is 75.5 Å². The number of aryl methyl sites for hydroxylation is 1. The summed E-state index contributed by atoms with van der Waals surface area (Å²) in [4.78, 5) is 21.2. The summed E-state index contributed by atoms with van der Waals surface area (Å²) in [6.07, 6.45) is 2.49. The molecule has 0 bridgehead atoms. The van der Waals surface area contributed by atoms with Gasteiger partial charge in [0, 0.05) is 31.7 Å². The number of anilines is 5. The van der Waals surface area contributed by atoms with Gasteiger partial charge in [-0.15, -0.1) is 0 Å². The van der Waals surface area contributed by atoms with Crippen molar-refractivity contribution in [1.82, 2.24) is 15.0 Å². The Labute approximate surface area is 198 Å². The average Bonchev–Trinajstić information content (AvgIpc) is 2.70. The quantitative estimate of drug-likeness (QED) is 0.272. The molecule has 0 aliphatic heterocycles. The fraction of sp³-hybridized carbons (Fsp3) is 0.286. The van der Waals surface area contributed by atoms with Gasteiger partial charge in [0.15, 0.2) is 0 Å². The number of hydrogen-bond acceptors (Lipinski definition) is 8. The van der Waals surface area contributed by atoms with Gasteiger partial charge in [-0.2, -0.15) is 10.0 Å². The summed E-state index contributed by atoms with van der Waals surface area (Å²) in [7, 11) is 3.73. The van der Waals surface area contributed by atoms with Crippen LogP contribution in [0.5, 0.6) is 5.75 Å². The number of pyridine rings is 1. The van der Waals surface area contributed by atoms with Crippen molar-refractivity contribution in [3.63, 3.8) is 0 Å². The molecule has 0 aliphatic rings. The summed E-state index contributed by atoms with van der Waals surface area (Å²) in [5, 5.41) is 15.0. The third-order valence-electron chi connectivity index (χ3n) is 4.20. The number of rotatable bonds is 8. The Kier molecular flexibility index (Phi) is 7.69. The van der Waals surface area contributed by atoms with Crippen LogP contribution in [0.4, 0.5) is 28.8 Å². The van der Waals surface area contributed by atoms with Gasteiger partial charge in [-0.1, -0.05) is 6.92 Å². The third kappa shape index (κ3) is 5.84. The highest BCUT2D eigenvalue weighted by atomic mass is 79.9. The second-order valence-corrected chi connectivity index (χ2v) is 8.67. The molecule has 1 aromatic carbocycles. The largest absolute Gasteiger partial charge is 0.506 e. The Hall–Kier alpha value is -2.43. The van der Waals surface area contributed by atoms with Crippen LogP contribution in [0.25, 0.3) is 0 Å². The summed E-state index contributed by atoms with van der Waals surface area (Å²) in [6, 6.07) is 9.01. The van der Waals surface area contributed by atoms with Crippen molar-refractivity contribution in [3.05, 3.63) is 51.3 Å². The molecule has 10 heteroatoms. The van der Waals surface area contributed by atoms with Crippen LogP contribution in [0.3, 0.4) is 0 Å². The van der Waals surface area contributed by atoms with E-state index in [4.69, 9.17) is 4.84 Å². The maximum absolute atomic E-state index is 10.2. The lowest BCUT2D eigenvalue weighted by atomic mass is 10.2. The molecule has 8 nitrogen and oxygen atoms in total. The molecule has 3 rings (SSSR count). The van der Waals surface area contributed by atoms with E-state index >= 15 is 0 Å². The van der Waals surface area contributed by atoms with Crippen LogP contribution in [-0.2, 0) is 4.84 Å². The summed E-state index contributed by atoms with van der Waals surface area (Å²) >= 11 is 6.93. The molecule has 0 aliphatic carbocycles. The second kappa shape index (κ2) is 10.3. The number of nitrogens with one attached hydrogen (secondary N) is 1. The van der Waals surface area contributed by atoms with E-state index in [1.165, 1.54) is 0 Å². The molecule has 0 saturated heterocycles. The highest BCUT2D eigenvalue weighted by Gasteiger charge is 2.18. The number of benzene rings is 1. The van der Waals surface area contributed by atoms with Crippen molar-refractivity contribution < 1.29 is 9.94 Å². The lowest BCUT2D eigenvalue weighted by molar-refractivity contribution is 0.133. The minimum absolute atomic E-state index is 0.182. The maximum Gasteiger partial charge on any atom is 0.256 e. The summed E-state index contributed by atoms with van der Waals surface area (Å²) < 4.78 is 1.44. The summed E-state index contributed by atoms with van der Waals surface area (Å²) in [6.45, 7) is 4.43. The lowest BCUT2D eigenvalue weighted by Crippen LogP contribution is -2.21. The number of aromatic hydroxyl groups is 1. The standard InChI is InChI=1S/C21H24Br2N6O2/c1-5-8-31-29(15-6-7-18(30)17(11-15)28(3)4)21-24-12-16(22)20(27-21)26-14-9-13(2)25-19(23)10-14/h6-7,9-12,30H,5,8H2,1-4H3,(H,24,25,26,27). The minimum atomic E-state index is 0.182. The molecule has 0 fully saturated rings. The first-order chi connectivity index (χ1) is 14.8. The zero-order chi connectivity index (χ0) is 22.5. The van der Waals surface area contributed by atoms with Crippen molar-refractivity contribution in [2.24, 2.45) is 0 Å². The first-order valence-corrected chi connectivity index (χ1v) is 11.2. The molecule has 2 N–H and O–H groups in total. The third-order valence-corrected chi connectivity index (χ3v) is 5.18. The Morgan fingerprint density at radius 2 is 1.90 bits per heavy atom. The van der Waals surface area contributed by atoms with Gasteiger partial charge in [-0.25, -0.2) is 9.97 Å². The van der Waals surface area contributed by atoms with Gasteiger partial charge in [0.05, 0.1) is 22.5 Å². The van der Waals surface area contributed by atoms with E-state index in [1.807, 2.05) is 51.0 Å². The Bertz CT molecular complexity index is 1040. The van der Waals surface area contributed by atoms with Crippen LogP contribution < -0.4 is 15.3 Å². The van der Waals surface area contributed by atoms with Crippen molar-refractivity contribution in [2.45, 2.75) is 20.3 Å². The fourth-order valence-electron chi connectivity index (χ4n) is 2.81. The molecule has 31 heavy (non-hydrogen) atoms. The van der Waals surface area contributed by atoms with E-state index in [1.54, 1.807) is 23.4 Å². The number of nitrogens with zero attached hydrogens (tertiary/aromatic N) is 5. The summed E-state index contributed by atoms with van der Waals surface area (Å²) in [5.74, 6) is 1.13. The highest BCUT2D eigenvalue weighted by molar-refractivity contribution is 9.10. The fourth-order valence-corrected chi connectivity index (χ4v) is 3.62. The molecule has 0 unspecified atom stereocenters. The molecular formula is C21H24Br2N6O2.